The van der Waals surface area contributed by atoms with E-state index in [9.17, 15) is 19.2 Å². The number of benzene rings is 2. The van der Waals surface area contributed by atoms with Crippen LogP contribution in [0.2, 0.25) is 0 Å². The first kappa shape index (κ1) is 26.2. The Morgan fingerprint density at radius 1 is 0.976 bits per heavy atom. The van der Waals surface area contributed by atoms with E-state index in [4.69, 9.17) is 4.98 Å². The van der Waals surface area contributed by atoms with Crippen LogP contribution < -0.4 is 10.6 Å². The summed E-state index contributed by atoms with van der Waals surface area (Å²) in [5.41, 5.74) is 3.94. The van der Waals surface area contributed by atoms with Crippen molar-refractivity contribution in [1.29, 1.82) is 0 Å². The molecule has 1 aliphatic carbocycles. The maximum absolute atomic E-state index is 13.3. The Morgan fingerprint density at radius 3 is 2.64 bits per heavy atom. The van der Waals surface area contributed by atoms with Gasteiger partial charge in [0.15, 0.2) is 0 Å². The lowest BCUT2D eigenvalue weighted by atomic mass is 9.77. The number of hydrogen-bond acceptors (Lipinski definition) is 9. The Kier molecular flexibility index (Phi) is 6.64. The average molecular weight is 566 g/mol. The minimum Gasteiger partial charge on any atom is -0.384 e. The highest BCUT2D eigenvalue weighted by molar-refractivity contribution is 6.25. The summed E-state index contributed by atoms with van der Waals surface area (Å²) in [4.78, 5) is 60.5. The van der Waals surface area contributed by atoms with Gasteiger partial charge in [-0.15, -0.1) is 0 Å². The summed E-state index contributed by atoms with van der Waals surface area (Å²) in [7, 11) is 0. The van der Waals surface area contributed by atoms with Crippen LogP contribution >= 0.6 is 0 Å². The molecule has 1 aromatic heterocycles. The smallest absolute Gasteiger partial charge is 0.264 e. The summed E-state index contributed by atoms with van der Waals surface area (Å²) in [6, 6.07) is 12.5. The number of hydrogen-bond donors (Lipinski definition) is 2. The molecule has 0 spiro atoms. The van der Waals surface area contributed by atoms with Gasteiger partial charge < -0.3 is 5.32 Å². The van der Waals surface area contributed by atoms with Crippen molar-refractivity contribution in [2.45, 2.75) is 56.5 Å². The summed E-state index contributed by atoms with van der Waals surface area (Å²) < 4.78 is 0. The monoisotopic (exact) mass is 565 g/mol. The van der Waals surface area contributed by atoms with Crippen LogP contribution in [0.5, 0.6) is 0 Å². The van der Waals surface area contributed by atoms with Gasteiger partial charge in [-0.25, -0.2) is 4.98 Å². The third-order valence-corrected chi connectivity index (χ3v) is 8.83. The van der Waals surface area contributed by atoms with Crippen LogP contribution in [0.3, 0.4) is 0 Å². The van der Waals surface area contributed by atoms with E-state index in [-0.39, 0.29) is 30.2 Å². The first-order chi connectivity index (χ1) is 20.5. The first-order valence-electron chi connectivity index (χ1n) is 14.6. The van der Waals surface area contributed by atoms with Crippen LogP contribution in [0, 0.1) is 5.92 Å². The van der Waals surface area contributed by atoms with E-state index in [0.29, 0.717) is 29.8 Å². The van der Waals surface area contributed by atoms with E-state index >= 15 is 0 Å². The van der Waals surface area contributed by atoms with Gasteiger partial charge in [0.2, 0.25) is 11.8 Å². The van der Waals surface area contributed by atoms with Crippen LogP contribution in [0.4, 0.5) is 5.69 Å². The van der Waals surface area contributed by atoms with E-state index in [1.165, 1.54) is 0 Å². The molecule has 0 radical (unpaired) electrons. The minimum atomic E-state index is -0.967. The fraction of sp³-hybridized carbons (Fsp3) is 0.387. The lowest BCUT2D eigenvalue weighted by molar-refractivity contribution is -0.136. The molecule has 0 bridgehead atoms. The van der Waals surface area contributed by atoms with Crippen LogP contribution in [-0.4, -0.2) is 74.9 Å². The van der Waals surface area contributed by atoms with E-state index < -0.39 is 23.8 Å². The average Bonchev–Trinajstić information content (AvgIpc) is 3.55. The third kappa shape index (κ3) is 4.68. The van der Waals surface area contributed by atoms with Crippen LogP contribution in [0.1, 0.15) is 70.9 Å². The van der Waals surface area contributed by atoms with E-state index in [1.807, 2.05) is 36.7 Å². The molecular weight excluding hydrogens is 534 g/mol. The van der Waals surface area contributed by atoms with Crippen LogP contribution in [0.25, 0.3) is 11.0 Å². The standard InChI is InChI=1S/C31H31N7O4/c39-27-11-10-26(29(40)36-27)38-30(41)21-6-3-9-24(28(21)31(38)42)32-12-4-5-18-13-20(14-18)37-17-19(15-34-37)25-16-33-22-7-1-2-8-23(22)35-25/h1-3,6-9,15-16,18-20,26,32H,4-5,10-14,17H2,(H,36,39,40). The second-order valence-corrected chi connectivity index (χ2v) is 11.5. The number of fused-ring (bicyclic) bond motifs is 2. The third-order valence-electron chi connectivity index (χ3n) is 8.83. The molecule has 4 heterocycles. The van der Waals surface area contributed by atoms with Gasteiger partial charge >= 0.3 is 0 Å². The molecule has 1 saturated heterocycles. The maximum Gasteiger partial charge on any atom is 0.264 e. The van der Waals surface area contributed by atoms with Crippen molar-refractivity contribution < 1.29 is 19.2 Å². The molecule has 1 saturated carbocycles. The first-order valence-corrected chi connectivity index (χ1v) is 14.6. The van der Waals surface area contributed by atoms with Gasteiger partial charge in [-0.05, 0) is 62.3 Å². The number of imide groups is 2. The molecule has 2 aromatic carbocycles. The Balaban J connectivity index is 0.885. The summed E-state index contributed by atoms with van der Waals surface area (Å²) in [5.74, 6) is -1.20. The van der Waals surface area contributed by atoms with Crippen molar-refractivity contribution >= 4 is 46.6 Å². The lowest BCUT2D eigenvalue weighted by Gasteiger charge is -2.40. The number of carbonyl (C=O) groups is 4. The summed E-state index contributed by atoms with van der Waals surface area (Å²) in [5, 5.41) is 12.5. The summed E-state index contributed by atoms with van der Waals surface area (Å²) in [6.45, 7) is 1.50. The number of nitrogens with zero attached hydrogens (tertiary/aromatic N) is 5. The molecule has 3 aromatic rings. The molecular formula is C31H31N7O4. The number of hydrazone groups is 1. The van der Waals surface area contributed by atoms with Crippen molar-refractivity contribution in [3.05, 3.63) is 65.5 Å². The van der Waals surface area contributed by atoms with Crippen molar-refractivity contribution in [3.8, 4) is 0 Å². The fourth-order valence-electron chi connectivity index (χ4n) is 6.48. The van der Waals surface area contributed by atoms with Crippen molar-refractivity contribution in [1.82, 2.24) is 25.2 Å². The quantitative estimate of drug-likeness (QED) is 0.314. The molecule has 4 aliphatic rings. The number of piperidine rings is 1. The SMILES string of the molecule is O=C1CCC(N2C(=O)c3cccc(NCCCC4CC(N5CC(c6cnc7ccccc7n6)C=N5)C4)c3C2=O)C(=O)N1. The molecule has 2 atom stereocenters. The largest absolute Gasteiger partial charge is 0.384 e. The number of anilines is 1. The number of para-hydroxylation sites is 2. The molecule has 2 N–H and O–H groups in total. The van der Waals surface area contributed by atoms with Crippen molar-refractivity contribution in [2.75, 3.05) is 18.4 Å². The molecule has 2 fully saturated rings. The molecule has 7 rings (SSSR count). The lowest BCUT2D eigenvalue weighted by Crippen LogP contribution is -2.54. The fourth-order valence-corrected chi connectivity index (χ4v) is 6.48. The zero-order valence-electron chi connectivity index (χ0n) is 23.0. The van der Waals surface area contributed by atoms with Gasteiger partial charge in [0.1, 0.15) is 6.04 Å². The van der Waals surface area contributed by atoms with E-state index in [1.54, 1.807) is 18.2 Å². The highest BCUT2D eigenvalue weighted by atomic mass is 16.2. The molecule has 3 aliphatic heterocycles. The number of carbonyl (C=O) groups excluding carboxylic acids is 4. The summed E-state index contributed by atoms with van der Waals surface area (Å²) in [6.07, 6.45) is 8.27. The Hall–Kier alpha value is -4.67. The minimum absolute atomic E-state index is 0.0980. The topological polar surface area (TPSA) is 137 Å². The van der Waals surface area contributed by atoms with E-state index in [0.717, 1.165) is 53.9 Å². The van der Waals surface area contributed by atoms with Gasteiger partial charge in [0.05, 0.1) is 33.8 Å². The number of nitrogens with one attached hydrogen (secondary N) is 2. The molecule has 11 nitrogen and oxygen atoms in total. The number of amides is 4. The van der Waals surface area contributed by atoms with Crippen LogP contribution in [0.15, 0.2) is 53.8 Å². The van der Waals surface area contributed by atoms with Gasteiger partial charge in [-0.3, -0.25) is 39.4 Å². The maximum atomic E-state index is 13.3. The molecule has 11 heteroatoms. The van der Waals surface area contributed by atoms with E-state index in [2.05, 4.69) is 25.7 Å². The van der Waals surface area contributed by atoms with Crippen molar-refractivity contribution in [3.63, 3.8) is 0 Å². The second-order valence-electron chi connectivity index (χ2n) is 11.5. The predicted molar refractivity (Wildman–Crippen MR) is 155 cm³/mol. The number of rotatable bonds is 8. The summed E-state index contributed by atoms with van der Waals surface area (Å²) >= 11 is 0. The zero-order chi connectivity index (χ0) is 28.8. The Labute approximate surface area is 242 Å². The molecule has 4 amide bonds. The normalized spacial score (nSPS) is 25.1. The van der Waals surface area contributed by atoms with Gasteiger partial charge in [-0.2, -0.15) is 5.10 Å². The molecule has 214 valence electrons. The zero-order valence-corrected chi connectivity index (χ0v) is 23.0. The van der Waals surface area contributed by atoms with Gasteiger partial charge in [0, 0.05) is 43.7 Å². The molecule has 42 heavy (non-hydrogen) atoms. The predicted octanol–water partition coefficient (Wildman–Crippen LogP) is 3.09. The Bertz CT molecular complexity index is 1630. The highest BCUT2D eigenvalue weighted by Crippen LogP contribution is 2.38. The van der Waals surface area contributed by atoms with Gasteiger partial charge in [0.25, 0.3) is 11.8 Å². The Morgan fingerprint density at radius 2 is 1.81 bits per heavy atom. The second kappa shape index (κ2) is 10.6. The number of aromatic nitrogens is 2. The molecule has 2 unspecified atom stereocenters. The van der Waals surface area contributed by atoms with Crippen LogP contribution in [-0.2, 0) is 9.59 Å². The van der Waals surface area contributed by atoms with Crippen molar-refractivity contribution in [2.24, 2.45) is 11.0 Å². The highest BCUT2D eigenvalue weighted by Gasteiger charge is 2.45. The van der Waals surface area contributed by atoms with Gasteiger partial charge in [-0.1, -0.05) is 18.2 Å².